The van der Waals surface area contributed by atoms with Crippen LogP contribution in [-0.4, -0.2) is 30.2 Å². The molecule has 0 saturated heterocycles. The normalized spacial score (nSPS) is 12.2. The van der Waals surface area contributed by atoms with Crippen molar-refractivity contribution in [3.05, 3.63) is 35.4 Å². The molecule has 0 heterocycles. The maximum atomic E-state index is 11.9. The van der Waals surface area contributed by atoms with Gasteiger partial charge in [0.1, 0.15) is 0 Å². The second kappa shape index (κ2) is 7.04. The molecule has 0 bridgehead atoms. The van der Waals surface area contributed by atoms with Gasteiger partial charge in [0, 0.05) is 5.56 Å². The summed E-state index contributed by atoms with van der Waals surface area (Å²) in [5, 5.41) is 11.8. The molecule has 0 unspecified atom stereocenters. The smallest absolute Gasteiger partial charge is 0.251 e. The van der Waals surface area contributed by atoms with Crippen LogP contribution in [0.3, 0.4) is 0 Å². The number of amides is 1. The Balaban J connectivity index is 2.71. The summed E-state index contributed by atoms with van der Waals surface area (Å²) in [6.45, 7) is 2.45. The van der Waals surface area contributed by atoms with Gasteiger partial charge in [-0.1, -0.05) is 19.1 Å². The summed E-state index contributed by atoms with van der Waals surface area (Å²) in [5.41, 5.74) is 7.14. The van der Waals surface area contributed by atoms with E-state index in [1.807, 2.05) is 25.1 Å². The van der Waals surface area contributed by atoms with Crippen molar-refractivity contribution in [2.75, 3.05) is 13.2 Å². The van der Waals surface area contributed by atoms with Gasteiger partial charge in [-0.2, -0.15) is 0 Å². The maximum absolute atomic E-state index is 11.9. The van der Waals surface area contributed by atoms with Crippen molar-refractivity contribution in [3.63, 3.8) is 0 Å². The third kappa shape index (κ3) is 4.17. The molecule has 1 amide bonds. The van der Waals surface area contributed by atoms with Crippen LogP contribution in [0.1, 0.15) is 29.3 Å². The SMILES string of the molecule is CC[C@@H](CO)NC(=O)c1cccc(CCN)c1. The first-order valence-electron chi connectivity index (χ1n) is 5.92. The highest BCUT2D eigenvalue weighted by Crippen LogP contribution is 2.06. The van der Waals surface area contributed by atoms with Crippen LogP contribution >= 0.6 is 0 Å². The van der Waals surface area contributed by atoms with Gasteiger partial charge in [-0.3, -0.25) is 4.79 Å². The monoisotopic (exact) mass is 236 g/mol. The van der Waals surface area contributed by atoms with E-state index in [9.17, 15) is 4.79 Å². The Hall–Kier alpha value is -1.39. The fraction of sp³-hybridized carbons (Fsp3) is 0.462. The average Bonchev–Trinajstić information content (AvgIpc) is 2.36. The lowest BCUT2D eigenvalue weighted by Gasteiger charge is -2.14. The minimum absolute atomic E-state index is 0.0370. The summed E-state index contributed by atoms with van der Waals surface area (Å²) in [6.07, 6.45) is 1.48. The van der Waals surface area contributed by atoms with Gasteiger partial charge in [-0.15, -0.1) is 0 Å². The number of aliphatic hydroxyl groups is 1. The summed E-state index contributed by atoms with van der Waals surface area (Å²) in [7, 11) is 0. The van der Waals surface area contributed by atoms with Crippen molar-refractivity contribution in [2.24, 2.45) is 5.73 Å². The number of carbonyl (C=O) groups is 1. The first-order valence-corrected chi connectivity index (χ1v) is 5.92. The highest BCUT2D eigenvalue weighted by atomic mass is 16.3. The minimum atomic E-state index is -0.180. The van der Waals surface area contributed by atoms with E-state index < -0.39 is 0 Å². The molecule has 17 heavy (non-hydrogen) atoms. The van der Waals surface area contributed by atoms with Crippen molar-refractivity contribution in [1.82, 2.24) is 5.32 Å². The molecule has 1 aromatic carbocycles. The molecule has 0 aliphatic rings. The molecular formula is C13H20N2O2. The molecule has 0 spiro atoms. The zero-order valence-electron chi connectivity index (χ0n) is 10.1. The van der Waals surface area contributed by atoms with Crippen molar-refractivity contribution in [3.8, 4) is 0 Å². The Morgan fingerprint density at radius 1 is 1.53 bits per heavy atom. The Morgan fingerprint density at radius 3 is 2.88 bits per heavy atom. The Kier molecular flexibility index (Phi) is 5.66. The van der Waals surface area contributed by atoms with Crippen LogP contribution in [0.15, 0.2) is 24.3 Å². The number of nitrogens with one attached hydrogen (secondary N) is 1. The van der Waals surface area contributed by atoms with Crippen LogP contribution in [0.2, 0.25) is 0 Å². The highest BCUT2D eigenvalue weighted by molar-refractivity contribution is 5.94. The van der Waals surface area contributed by atoms with Crippen molar-refractivity contribution in [1.29, 1.82) is 0 Å². The molecule has 1 aromatic rings. The Morgan fingerprint density at radius 2 is 2.29 bits per heavy atom. The molecule has 1 rings (SSSR count). The Bertz CT molecular complexity index is 362. The van der Waals surface area contributed by atoms with Gasteiger partial charge in [-0.25, -0.2) is 0 Å². The van der Waals surface area contributed by atoms with Crippen molar-refractivity contribution < 1.29 is 9.90 Å². The summed E-state index contributed by atoms with van der Waals surface area (Å²) in [5.74, 6) is -0.148. The van der Waals surface area contributed by atoms with Gasteiger partial charge < -0.3 is 16.2 Å². The van der Waals surface area contributed by atoms with Gasteiger partial charge in [0.15, 0.2) is 0 Å². The van der Waals surface area contributed by atoms with Crippen LogP contribution < -0.4 is 11.1 Å². The number of benzene rings is 1. The minimum Gasteiger partial charge on any atom is -0.394 e. The van der Waals surface area contributed by atoms with E-state index in [1.165, 1.54) is 0 Å². The molecular weight excluding hydrogens is 216 g/mol. The molecule has 0 fully saturated rings. The fourth-order valence-corrected chi connectivity index (χ4v) is 1.58. The highest BCUT2D eigenvalue weighted by Gasteiger charge is 2.11. The maximum Gasteiger partial charge on any atom is 0.251 e. The Labute approximate surface area is 102 Å². The largest absolute Gasteiger partial charge is 0.394 e. The molecule has 94 valence electrons. The second-order valence-corrected chi connectivity index (χ2v) is 4.00. The number of hydrogen-bond acceptors (Lipinski definition) is 3. The van der Waals surface area contributed by atoms with Crippen molar-refractivity contribution in [2.45, 2.75) is 25.8 Å². The molecule has 4 nitrogen and oxygen atoms in total. The number of aliphatic hydroxyl groups excluding tert-OH is 1. The molecule has 0 aliphatic carbocycles. The molecule has 0 radical (unpaired) electrons. The predicted octanol–water partition coefficient (Wildman–Crippen LogP) is 0.689. The van der Waals surface area contributed by atoms with Crippen LogP contribution in [0.25, 0.3) is 0 Å². The quantitative estimate of drug-likeness (QED) is 0.680. The first kappa shape index (κ1) is 13.7. The summed E-state index contributed by atoms with van der Waals surface area (Å²) >= 11 is 0. The molecule has 0 aromatic heterocycles. The second-order valence-electron chi connectivity index (χ2n) is 4.00. The van der Waals surface area contributed by atoms with E-state index in [0.717, 1.165) is 12.0 Å². The number of hydrogen-bond donors (Lipinski definition) is 3. The zero-order chi connectivity index (χ0) is 12.7. The fourth-order valence-electron chi connectivity index (χ4n) is 1.58. The van der Waals surface area contributed by atoms with Gasteiger partial charge >= 0.3 is 0 Å². The molecule has 0 saturated carbocycles. The lowest BCUT2D eigenvalue weighted by molar-refractivity contribution is 0.0915. The molecule has 0 aliphatic heterocycles. The first-order chi connectivity index (χ1) is 8.21. The van der Waals surface area contributed by atoms with E-state index in [-0.39, 0.29) is 18.6 Å². The zero-order valence-corrected chi connectivity index (χ0v) is 10.1. The number of nitrogens with two attached hydrogens (primary N) is 1. The molecule has 1 atom stereocenters. The van der Waals surface area contributed by atoms with Gasteiger partial charge in [0.2, 0.25) is 0 Å². The van der Waals surface area contributed by atoms with E-state index in [0.29, 0.717) is 18.5 Å². The summed E-state index contributed by atoms with van der Waals surface area (Å²) < 4.78 is 0. The van der Waals surface area contributed by atoms with Crippen molar-refractivity contribution >= 4 is 5.91 Å². The van der Waals surface area contributed by atoms with Gasteiger partial charge in [0.25, 0.3) is 5.91 Å². The molecule has 4 heteroatoms. The van der Waals surface area contributed by atoms with Crippen LogP contribution in [0.4, 0.5) is 0 Å². The van der Waals surface area contributed by atoms with E-state index in [4.69, 9.17) is 10.8 Å². The topological polar surface area (TPSA) is 75.3 Å². The van der Waals surface area contributed by atoms with E-state index in [2.05, 4.69) is 5.32 Å². The predicted molar refractivity (Wildman–Crippen MR) is 67.8 cm³/mol. The van der Waals surface area contributed by atoms with Gasteiger partial charge in [-0.05, 0) is 37.1 Å². The molecule has 4 N–H and O–H groups in total. The van der Waals surface area contributed by atoms with Crippen LogP contribution in [0.5, 0.6) is 0 Å². The number of carbonyl (C=O) groups excluding carboxylic acids is 1. The number of rotatable bonds is 6. The van der Waals surface area contributed by atoms with Gasteiger partial charge in [0.05, 0.1) is 12.6 Å². The third-order valence-corrected chi connectivity index (χ3v) is 2.67. The lowest BCUT2D eigenvalue weighted by atomic mass is 10.1. The average molecular weight is 236 g/mol. The van der Waals surface area contributed by atoms with Crippen LogP contribution in [-0.2, 0) is 6.42 Å². The van der Waals surface area contributed by atoms with E-state index >= 15 is 0 Å². The van der Waals surface area contributed by atoms with E-state index in [1.54, 1.807) is 6.07 Å². The summed E-state index contributed by atoms with van der Waals surface area (Å²) in [6, 6.07) is 7.22. The standard InChI is InChI=1S/C13H20N2O2/c1-2-12(9-16)15-13(17)11-5-3-4-10(8-11)6-7-14/h3-5,8,12,16H,2,6-7,9,14H2,1H3,(H,15,17)/t12-/m0/s1. The lowest BCUT2D eigenvalue weighted by Crippen LogP contribution is -2.36. The summed E-state index contributed by atoms with van der Waals surface area (Å²) in [4.78, 5) is 11.9. The van der Waals surface area contributed by atoms with Crippen LogP contribution in [0, 0.1) is 0 Å². The third-order valence-electron chi connectivity index (χ3n) is 2.67.